The van der Waals surface area contributed by atoms with Gasteiger partial charge in [-0.15, -0.1) is 5.10 Å². The molecule has 0 aliphatic rings. The zero-order chi connectivity index (χ0) is 16.7. The quantitative estimate of drug-likeness (QED) is 0.807. The van der Waals surface area contributed by atoms with Crippen molar-refractivity contribution >= 4 is 17.4 Å². The summed E-state index contributed by atoms with van der Waals surface area (Å²) in [6.45, 7) is 8.72. The normalized spacial score (nSPS) is 12.3. The number of benzene rings is 1. The molecule has 1 aromatic carbocycles. The predicted molar refractivity (Wildman–Crippen MR) is 93.7 cm³/mol. The molecule has 2 rings (SSSR count). The van der Waals surface area contributed by atoms with Gasteiger partial charge in [-0.1, -0.05) is 55.6 Å². The first kappa shape index (κ1) is 17.6. The Labute approximate surface area is 141 Å². The highest BCUT2D eigenvalue weighted by atomic mass is 32.1. The van der Waals surface area contributed by atoms with Gasteiger partial charge in [0.25, 0.3) is 5.91 Å². The smallest absolute Gasteiger partial charge is 0.265 e. The van der Waals surface area contributed by atoms with Gasteiger partial charge in [0.2, 0.25) is 0 Å². The Morgan fingerprint density at radius 1 is 1.22 bits per heavy atom. The van der Waals surface area contributed by atoms with E-state index in [1.165, 1.54) is 5.56 Å². The predicted octanol–water partition coefficient (Wildman–Crippen LogP) is 2.91. The van der Waals surface area contributed by atoms with E-state index in [0.717, 1.165) is 36.7 Å². The van der Waals surface area contributed by atoms with E-state index in [9.17, 15) is 4.79 Å². The highest BCUT2D eigenvalue weighted by Gasteiger charge is 2.21. The molecular formula is C17H24N4OS. The van der Waals surface area contributed by atoms with Crippen molar-refractivity contribution in [2.75, 3.05) is 19.6 Å². The molecule has 1 N–H and O–H groups in total. The van der Waals surface area contributed by atoms with Crippen LogP contribution in [-0.4, -0.2) is 40.0 Å². The first-order valence-corrected chi connectivity index (χ1v) is 8.86. The van der Waals surface area contributed by atoms with Crippen LogP contribution in [0.25, 0.3) is 0 Å². The lowest BCUT2D eigenvalue weighted by Crippen LogP contribution is -2.38. The molecule has 6 heteroatoms. The Morgan fingerprint density at radius 3 is 2.52 bits per heavy atom. The Hall–Kier alpha value is -1.79. The molecular weight excluding hydrogens is 308 g/mol. The van der Waals surface area contributed by atoms with Crippen LogP contribution in [0.15, 0.2) is 30.3 Å². The van der Waals surface area contributed by atoms with Gasteiger partial charge in [0.1, 0.15) is 4.88 Å². The van der Waals surface area contributed by atoms with Crippen LogP contribution >= 0.6 is 11.5 Å². The van der Waals surface area contributed by atoms with Crippen molar-refractivity contribution in [3.63, 3.8) is 0 Å². The van der Waals surface area contributed by atoms with Gasteiger partial charge in [-0.05, 0) is 36.6 Å². The van der Waals surface area contributed by atoms with Crippen LogP contribution in [0, 0.1) is 0 Å². The van der Waals surface area contributed by atoms with E-state index in [0.29, 0.717) is 11.4 Å². The number of hydrogen-bond acceptors (Lipinski definition) is 5. The van der Waals surface area contributed by atoms with E-state index in [-0.39, 0.29) is 11.9 Å². The lowest BCUT2D eigenvalue weighted by Gasteiger charge is -2.30. The summed E-state index contributed by atoms with van der Waals surface area (Å²) in [4.78, 5) is 15.4. The molecule has 0 saturated carbocycles. The highest BCUT2D eigenvalue weighted by Crippen LogP contribution is 2.20. The van der Waals surface area contributed by atoms with Crippen LogP contribution in [0.1, 0.15) is 47.7 Å². The molecule has 1 atom stereocenters. The average Bonchev–Trinajstić information content (AvgIpc) is 3.08. The fourth-order valence-corrected chi connectivity index (χ4v) is 3.35. The van der Waals surface area contributed by atoms with E-state index in [1.54, 1.807) is 0 Å². The van der Waals surface area contributed by atoms with Crippen LogP contribution in [0.2, 0.25) is 0 Å². The van der Waals surface area contributed by atoms with Gasteiger partial charge < -0.3 is 5.32 Å². The van der Waals surface area contributed by atoms with E-state index in [1.807, 2.05) is 25.1 Å². The summed E-state index contributed by atoms with van der Waals surface area (Å²) in [7, 11) is 0. The fraction of sp³-hybridized carbons (Fsp3) is 0.471. The van der Waals surface area contributed by atoms with Gasteiger partial charge >= 0.3 is 0 Å². The Balaban J connectivity index is 2.11. The van der Waals surface area contributed by atoms with Crippen molar-refractivity contribution in [1.82, 2.24) is 19.8 Å². The number of aromatic nitrogens is 2. The highest BCUT2D eigenvalue weighted by molar-refractivity contribution is 7.08. The Morgan fingerprint density at radius 2 is 1.91 bits per heavy atom. The monoisotopic (exact) mass is 332 g/mol. The van der Waals surface area contributed by atoms with E-state index >= 15 is 0 Å². The maximum absolute atomic E-state index is 12.4. The zero-order valence-corrected chi connectivity index (χ0v) is 14.8. The third kappa shape index (κ3) is 4.36. The second-order valence-corrected chi connectivity index (χ2v) is 6.01. The van der Waals surface area contributed by atoms with Crippen molar-refractivity contribution in [2.24, 2.45) is 0 Å². The standard InChI is InChI=1S/C17H24N4OS/c1-4-14-16(23-20-19-14)17(22)18-12-15(21(5-2)6-3)13-10-8-7-9-11-13/h7-11,15H,4-6,12H2,1-3H3,(H,18,22)/t15-/m1/s1. The second-order valence-electron chi connectivity index (χ2n) is 5.26. The van der Waals surface area contributed by atoms with E-state index in [4.69, 9.17) is 0 Å². The topological polar surface area (TPSA) is 58.1 Å². The number of aryl methyl sites for hydroxylation is 1. The number of nitrogens with zero attached hydrogens (tertiary/aromatic N) is 3. The maximum atomic E-state index is 12.4. The number of amides is 1. The molecule has 1 heterocycles. The van der Waals surface area contributed by atoms with Crippen LogP contribution in [0.3, 0.4) is 0 Å². The summed E-state index contributed by atoms with van der Waals surface area (Å²) >= 11 is 1.16. The molecule has 2 aromatic rings. The molecule has 0 spiro atoms. The molecule has 0 aliphatic carbocycles. The summed E-state index contributed by atoms with van der Waals surface area (Å²) in [5.74, 6) is -0.0788. The minimum absolute atomic E-state index is 0.0788. The molecule has 1 aromatic heterocycles. The molecule has 0 aliphatic heterocycles. The van der Waals surface area contributed by atoms with Crippen LogP contribution < -0.4 is 5.32 Å². The fourth-order valence-electron chi connectivity index (χ4n) is 2.68. The number of hydrogen-bond donors (Lipinski definition) is 1. The summed E-state index contributed by atoms with van der Waals surface area (Å²) < 4.78 is 3.89. The van der Waals surface area contributed by atoms with Gasteiger partial charge in [-0.3, -0.25) is 9.69 Å². The maximum Gasteiger partial charge on any atom is 0.265 e. The van der Waals surface area contributed by atoms with Gasteiger partial charge in [0.05, 0.1) is 11.7 Å². The Kier molecular flexibility index (Phi) is 6.67. The van der Waals surface area contributed by atoms with Crippen molar-refractivity contribution in [3.05, 3.63) is 46.5 Å². The van der Waals surface area contributed by atoms with Crippen LogP contribution in [-0.2, 0) is 6.42 Å². The van der Waals surface area contributed by atoms with Crippen LogP contribution in [0.5, 0.6) is 0 Å². The van der Waals surface area contributed by atoms with E-state index in [2.05, 4.69) is 45.8 Å². The molecule has 0 saturated heterocycles. The minimum Gasteiger partial charge on any atom is -0.349 e. The first-order chi connectivity index (χ1) is 11.2. The summed E-state index contributed by atoms with van der Waals surface area (Å²) in [6, 6.07) is 10.5. The largest absolute Gasteiger partial charge is 0.349 e. The number of rotatable bonds is 8. The summed E-state index contributed by atoms with van der Waals surface area (Å²) in [6.07, 6.45) is 0.720. The number of carbonyl (C=O) groups is 1. The lowest BCUT2D eigenvalue weighted by molar-refractivity contribution is 0.0938. The average molecular weight is 332 g/mol. The zero-order valence-electron chi connectivity index (χ0n) is 14.0. The Bertz CT molecular complexity index is 610. The molecule has 124 valence electrons. The molecule has 0 fully saturated rings. The number of carbonyl (C=O) groups excluding carboxylic acids is 1. The van der Waals surface area contributed by atoms with Crippen molar-refractivity contribution in [1.29, 1.82) is 0 Å². The van der Waals surface area contributed by atoms with Crippen molar-refractivity contribution < 1.29 is 4.79 Å². The first-order valence-electron chi connectivity index (χ1n) is 8.09. The number of nitrogens with one attached hydrogen (secondary N) is 1. The van der Waals surface area contributed by atoms with Gasteiger partial charge in [-0.25, -0.2) is 0 Å². The van der Waals surface area contributed by atoms with Gasteiger partial charge in [0, 0.05) is 6.54 Å². The SMILES string of the molecule is CCc1nnsc1C(=O)NC[C@H](c1ccccc1)N(CC)CC. The van der Waals surface area contributed by atoms with Crippen LogP contribution in [0.4, 0.5) is 0 Å². The molecule has 23 heavy (non-hydrogen) atoms. The van der Waals surface area contributed by atoms with Crippen molar-refractivity contribution in [3.8, 4) is 0 Å². The molecule has 1 amide bonds. The summed E-state index contributed by atoms with van der Waals surface area (Å²) in [5, 5.41) is 7.06. The molecule has 0 unspecified atom stereocenters. The molecule has 0 radical (unpaired) electrons. The van der Waals surface area contributed by atoms with Crippen molar-refractivity contribution in [2.45, 2.75) is 33.2 Å². The van der Waals surface area contributed by atoms with Gasteiger partial charge in [-0.2, -0.15) is 0 Å². The minimum atomic E-state index is -0.0788. The van der Waals surface area contributed by atoms with Gasteiger partial charge in [0.15, 0.2) is 0 Å². The third-order valence-corrected chi connectivity index (χ3v) is 4.76. The summed E-state index contributed by atoms with van der Waals surface area (Å²) in [5.41, 5.74) is 1.99. The lowest BCUT2D eigenvalue weighted by atomic mass is 10.1. The van der Waals surface area contributed by atoms with E-state index < -0.39 is 0 Å². The molecule has 5 nitrogen and oxygen atoms in total. The number of likely N-dealkylation sites (N-methyl/N-ethyl adjacent to an activating group) is 1. The third-order valence-electron chi connectivity index (χ3n) is 3.99. The second kappa shape index (κ2) is 8.74. The molecule has 0 bridgehead atoms.